The van der Waals surface area contributed by atoms with Gasteiger partial charge in [0.1, 0.15) is 5.82 Å². The molecule has 1 atom stereocenters. The van der Waals surface area contributed by atoms with E-state index in [1.54, 1.807) is 19.3 Å². The average molecular weight is 330 g/mol. The van der Waals surface area contributed by atoms with Crippen molar-refractivity contribution < 1.29 is 8.78 Å². The maximum atomic E-state index is 13.6. The Morgan fingerprint density at radius 3 is 2.74 bits per heavy atom. The third kappa shape index (κ3) is 2.84. The van der Waals surface area contributed by atoms with Gasteiger partial charge in [0.15, 0.2) is 11.6 Å². The van der Waals surface area contributed by atoms with Crippen molar-refractivity contribution in [3.63, 3.8) is 0 Å². The normalized spacial score (nSPS) is 12.7. The lowest BCUT2D eigenvalue weighted by Gasteiger charge is -2.18. The number of nitrogens with one attached hydrogen (secondary N) is 1. The van der Waals surface area contributed by atoms with E-state index in [0.717, 1.165) is 11.9 Å². The summed E-state index contributed by atoms with van der Waals surface area (Å²) in [5.41, 5.74) is 0.671. The number of hydrogen-bond acceptors (Lipinski definition) is 2. The fourth-order valence-electron chi connectivity index (χ4n) is 1.95. The lowest BCUT2D eigenvalue weighted by atomic mass is 10.0. The van der Waals surface area contributed by atoms with Crippen molar-refractivity contribution in [1.29, 1.82) is 0 Å². The first-order chi connectivity index (χ1) is 9.04. The summed E-state index contributed by atoms with van der Waals surface area (Å²) in [6, 6.07) is 2.57. The Kier molecular flexibility index (Phi) is 4.31. The maximum Gasteiger partial charge on any atom is 0.173 e. The number of likely N-dealkylation sites (N-methyl/N-ethyl adjacent to an activating group) is 1. The van der Waals surface area contributed by atoms with Crippen LogP contribution in [-0.2, 0) is 13.5 Å². The molecule has 1 heterocycles. The van der Waals surface area contributed by atoms with Gasteiger partial charge in [0.2, 0.25) is 0 Å². The number of nitrogens with zero attached hydrogens (tertiary/aromatic N) is 2. The molecule has 3 nitrogen and oxygen atoms in total. The van der Waals surface area contributed by atoms with Gasteiger partial charge >= 0.3 is 0 Å². The van der Waals surface area contributed by atoms with E-state index in [9.17, 15) is 8.78 Å². The Bertz CT molecular complexity index is 583. The van der Waals surface area contributed by atoms with E-state index in [1.165, 1.54) is 0 Å². The lowest BCUT2D eigenvalue weighted by Crippen LogP contribution is -2.21. The summed E-state index contributed by atoms with van der Waals surface area (Å²) in [6.45, 7) is 0. The van der Waals surface area contributed by atoms with Crippen molar-refractivity contribution in [3.05, 3.63) is 52.0 Å². The van der Waals surface area contributed by atoms with Gasteiger partial charge in [-0.05, 0) is 34.6 Å². The van der Waals surface area contributed by atoms with Crippen LogP contribution in [0.5, 0.6) is 0 Å². The summed E-state index contributed by atoms with van der Waals surface area (Å²) < 4.78 is 28.8. The van der Waals surface area contributed by atoms with Gasteiger partial charge in [-0.25, -0.2) is 13.8 Å². The molecule has 1 aromatic heterocycles. The number of rotatable bonds is 4. The van der Waals surface area contributed by atoms with E-state index in [4.69, 9.17) is 0 Å². The van der Waals surface area contributed by atoms with Crippen molar-refractivity contribution >= 4 is 15.9 Å². The second kappa shape index (κ2) is 5.79. The van der Waals surface area contributed by atoms with E-state index in [2.05, 4.69) is 26.2 Å². The number of aromatic nitrogens is 2. The molecule has 2 aromatic rings. The average Bonchev–Trinajstić information content (AvgIpc) is 2.80. The SMILES string of the molecule is CNC(Cc1nccn1C)c1ccc(F)c(F)c1Br. The van der Waals surface area contributed by atoms with Crippen LogP contribution >= 0.6 is 15.9 Å². The molecule has 19 heavy (non-hydrogen) atoms. The minimum atomic E-state index is -0.863. The predicted octanol–water partition coefficient (Wildman–Crippen LogP) is 2.96. The highest BCUT2D eigenvalue weighted by Gasteiger charge is 2.19. The van der Waals surface area contributed by atoms with E-state index in [1.807, 2.05) is 17.8 Å². The van der Waals surface area contributed by atoms with Crippen LogP contribution in [0.2, 0.25) is 0 Å². The molecule has 0 aliphatic carbocycles. The van der Waals surface area contributed by atoms with Crippen LogP contribution in [0.15, 0.2) is 29.0 Å². The van der Waals surface area contributed by atoms with E-state index >= 15 is 0 Å². The van der Waals surface area contributed by atoms with Gasteiger partial charge in [-0.3, -0.25) is 0 Å². The standard InChI is InChI=1S/C13H14BrF2N3/c1-17-10(7-11-18-5-6-19(11)2)8-3-4-9(15)13(16)12(8)14/h3-6,10,17H,7H2,1-2H3. The fraction of sp³-hybridized carbons (Fsp3) is 0.308. The summed E-state index contributed by atoms with van der Waals surface area (Å²) in [6.07, 6.45) is 4.15. The van der Waals surface area contributed by atoms with Crippen molar-refractivity contribution in [2.24, 2.45) is 7.05 Å². The Morgan fingerprint density at radius 2 is 2.16 bits per heavy atom. The number of imidazole rings is 1. The molecule has 102 valence electrons. The molecular formula is C13H14BrF2N3. The molecule has 0 bridgehead atoms. The fourth-order valence-corrected chi connectivity index (χ4v) is 2.55. The van der Waals surface area contributed by atoms with Crippen LogP contribution < -0.4 is 5.32 Å². The molecular weight excluding hydrogens is 316 g/mol. The summed E-state index contributed by atoms with van der Waals surface area (Å²) >= 11 is 3.11. The first-order valence-corrected chi connectivity index (χ1v) is 6.60. The number of benzene rings is 1. The third-order valence-electron chi connectivity index (χ3n) is 3.10. The minimum absolute atomic E-state index is 0.148. The van der Waals surface area contributed by atoms with Crippen LogP contribution in [0, 0.1) is 11.6 Å². The van der Waals surface area contributed by atoms with E-state index in [-0.39, 0.29) is 10.5 Å². The highest BCUT2D eigenvalue weighted by atomic mass is 79.9. The molecule has 0 saturated carbocycles. The molecule has 0 amide bonds. The van der Waals surface area contributed by atoms with Crippen molar-refractivity contribution in [2.75, 3.05) is 7.05 Å². The maximum absolute atomic E-state index is 13.6. The molecule has 1 unspecified atom stereocenters. The quantitative estimate of drug-likeness (QED) is 0.874. The van der Waals surface area contributed by atoms with Crippen molar-refractivity contribution in [3.8, 4) is 0 Å². The van der Waals surface area contributed by atoms with Crippen molar-refractivity contribution in [2.45, 2.75) is 12.5 Å². The summed E-state index contributed by atoms with van der Waals surface area (Å²) in [4.78, 5) is 4.24. The smallest absolute Gasteiger partial charge is 0.173 e. The van der Waals surface area contributed by atoms with E-state index in [0.29, 0.717) is 12.0 Å². The van der Waals surface area contributed by atoms with Gasteiger partial charge in [-0.1, -0.05) is 6.07 Å². The molecule has 0 spiro atoms. The first kappa shape index (κ1) is 14.1. The topological polar surface area (TPSA) is 29.9 Å². The largest absolute Gasteiger partial charge is 0.338 e. The Labute approximate surface area is 118 Å². The highest BCUT2D eigenvalue weighted by Crippen LogP contribution is 2.29. The molecule has 0 aliphatic rings. The third-order valence-corrected chi connectivity index (χ3v) is 3.90. The van der Waals surface area contributed by atoms with Gasteiger partial charge in [0, 0.05) is 31.9 Å². The molecule has 0 fully saturated rings. The Hall–Kier alpha value is -1.27. The molecule has 0 saturated heterocycles. The second-order valence-electron chi connectivity index (χ2n) is 4.26. The summed E-state index contributed by atoms with van der Waals surface area (Å²) in [5.74, 6) is -0.851. The molecule has 0 radical (unpaired) electrons. The summed E-state index contributed by atoms with van der Waals surface area (Å²) in [7, 11) is 3.68. The molecule has 2 rings (SSSR count). The van der Waals surface area contributed by atoms with Crippen LogP contribution in [0.3, 0.4) is 0 Å². The van der Waals surface area contributed by atoms with Crippen LogP contribution in [0.25, 0.3) is 0 Å². The Morgan fingerprint density at radius 1 is 1.42 bits per heavy atom. The molecule has 0 aliphatic heterocycles. The summed E-state index contributed by atoms with van der Waals surface area (Å²) in [5, 5.41) is 3.10. The minimum Gasteiger partial charge on any atom is -0.338 e. The first-order valence-electron chi connectivity index (χ1n) is 5.81. The zero-order valence-corrected chi connectivity index (χ0v) is 12.2. The molecule has 1 N–H and O–H groups in total. The molecule has 6 heteroatoms. The van der Waals surface area contributed by atoms with Crippen LogP contribution in [-0.4, -0.2) is 16.6 Å². The van der Waals surface area contributed by atoms with Gasteiger partial charge in [0.25, 0.3) is 0 Å². The van der Waals surface area contributed by atoms with Gasteiger partial charge in [0.05, 0.1) is 4.47 Å². The highest BCUT2D eigenvalue weighted by molar-refractivity contribution is 9.10. The van der Waals surface area contributed by atoms with Crippen molar-refractivity contribution in [1.82, 2.24) is 14.9 Å². The van der Waals surface area contributed by atoms with Crippen LogP contribution in [0.1, 0.15) is 17.4 Å². The van der Waals surface area contributed by atoms with Gasteiger partial charge < -0.3 is 9.88 Å². The van der Waals surface area contributed by atoms with E-state index < -0.39 is 11.6 Å². The monoisotopic (exact) mass is 329 g/mol. The van der Waals surface area contributed by atoms with Crippen LogP contribution in [0.4, 0.5) is 8.78 Å². The predicted molar refractivity (Wildman–Crippen MR) is 72.8 cm³/mol. The lowest BCUT2D eigenvalue weighted by molar-refractivity contribution is 0.493. The number of hydrogen-bond donors (Lipinski definition) is 1. The zero-order chi connectivity index (χ0) is 14.0. The van der Waals surface area contributed by atoms with Gasteiger partial charge in [-0.2, -0.15) is 0 Å². The second-order valence-corrected chi connectivity index (χ2v) is 5.06. The number of halogens is 3. The number of aryl methyl sites for hydroxylation is 1. The molecule has 1 aromatic carbocycles. The zero-order valence-electron chi connectivity index (χ0n) is 10.6. The Balaban J connectivity index is 2.33. The van der Waals surface area contributed by atoms with Gasteiger partial charge in [-0.15, -0.1) is 0 Å².